The van der Waals surface area contributed by atoms with Crippen molar-refractivity contribution in [3.8, 4) is 0 Å². The predicted molar refractivity (Wildman–Crippen MR) is 72.9 cm³/mol. The van der Waals surface area contributed by atoms with Crippen LogP contribution < -0.4 is 5.32 Å². The molecule has 2 heterocycles. The van der Waals surface area contributed by atoms with E-state index in [1.807, 2.05) is 42.8 Å². The van der Waals surface area contributed by atoms with Crippen LogP contribution in [0.4, 0.5) is 0 Å². The molecule has 0 bridgehead atoms. The number of hydrogen-bond acceptors (Lipinski definition) is 5. The van der Waals surface area contributed by atoms with Crippen LogP contribution in [0.25, 0.3) is 5.65 Å². The van der Waals surface area contributed by atoms with Gasteiger partial charge in [-0.2, -0.15) is 0 Å². The molecular weight excluding hydrogens is 248 g/mol. The van der Waals surface area contributed by atoms with Crippen LogP contribution in [0.2, 0.25) is 0 Å². The maximum absolute atomic E-state index is 9.31. The summed E-state index contributed by atoms with van der Waals surface area (Å²) in [5.74, 6) is 0.883. The van der Waals surface area contributed by atoms with E-state index in [-0.39, 0.29) is 12.1 Å². The molecule has 5 nitrogen and oxygen atoms in total. The maximum atomic E-state index is 9.31. The summed E-state index contributed by atoms with van der Waals surface area (Å²) >= 11 is 1.65. The number of aliphatic hydroxyl groups is 1. The summed E-state index contributed by atoms with van der Waals surface area (Å²) in [6.45, 7) is 2.14. The zero-order chi connectivity index (χ0) is 13.0. The van der Waals surface area contributed by atoms with Crippen LogP contribution in [-0.4, -0.2) is 44.7 Å². The second kappa shape index (κ2) is 5.69. The summed E-state index contributed by atoms with van der Waals surface area (Å²) < 4.78 is 1.97. The van der Waals surface area contributed by atoms with E-state index >= 15 is 0 Å². The van der Waals surface area contributed by atoms with Crippen molar-refractivity contribution in [2.75, 3.05) is 19.4 Å². The molecule has 18 heavy (non-hydrogen) atoms. The monoisotopic (exact) mass is 266 g/mol. The Kier molecular flexibility index (Phi) is 4.21. The molecular formula is C12H18N4OS. The van der Waals surface area contributed by atoms with Gasteiger partial charge in [0.05, 0.1) is 6.61 Å². The minimum atomic E-state index is -0.229. The van der Waals surface area contributed by atoms with Crippen LogP contribution in [0.15, 0.2) is 29.6 Å². The standard InChI is InChI=1S/C12H18N4OS/c1-12(9-17,13-2)6-8-18-11-15-14-10-5-3-4-7-16(10)11/h3-5,7,13,17H,6,8-9H2,1-2H3. The number of hydrogen-bond donors (Lipinski definition) is 2. The lowest BCUT2D eigenvalue weighted by atomic mass is 10.0. The molecule has 0 amide bonds. The van der Waals surface area contributed by atoms with Gasteiger partial charge < -0.3 is 10.4 Å². The van der Waals surface area contributed by atoms with E-state index in [0.717, 1.165) is 23.0 Å². The Balaban J connectivity index is 1.98. The molecule has 1 unspecified atom stereocenters. The van der Waals surface area contributed by atoms with Crippen molar-refractivity contribution >= 4 is 17.4 Å². The molecule has 2 aromatic rings. The highest BCUT2D eigenvalue weighted by Gasteiger charge is 2.20. The molecule has 2 aromatic heterocycles. The third kappa shape index (κ3) is 2.82. The number of nitrogens with one attached hydrogen (secondary N) is 1. The first-order valence-corrected chi connectivity index (χ1v) is 6.89. The lowest BCUT2D eigenvalue weighted by Crippen LogP contribution is -2.43. The molecule has 0 saturated carbocycles. The first kappa shape index (κ1) is 13.3. The van der Waals surface area contributed by atoms with Crippen molar-refractivity contribution < 1.29 is 5.11 Å². The molecule has 2 N–H and O–H groups in total. The van der Waals surface area contributed by atoms with Crippen LogP contribution in [0, 0.1) is 0 Å². The average Bonchev–Trinajstić information content (AvgIpc) is 2.82. The van der Waals surface area contributed by atoms with Crippen molar-refractivity contribution in [2.24, 2.45) is 0 Å². The fraction of sp³-hybridized carbons (Fsp3) is 0.500. The summed E-state index contributed by atoms with van der Waals surface area (Å²) in [4.78, 5) is 0. The first-order chi connectivity index (χ1) is 8.68. The van der Waals surface area contributed by atoms with Gasteiger partial charge in [0.1, 0.15) is 0 Å². The smallest absolute Gasteiger partial charge is 0.195 e. The summed E-state index contributed by atoms with van der Waals surface area (Å²) in [6.07, 6.45) is 2.83. The molecule has 0 aliphatic heterocycles. The number of nitrogens with zero attached hydrogens (tertiary/aromatic N) is 3. The van der Waals surface area contributed by atoms with Gasteiger partial charge in [-0.3, -0.25) is 4.40 Å². The Hall–Kier alpha value is -1.11. The fourth-order valence-electron chi connectivity index (χ4n) is 1.57. The summed E-state index contributed by atoms with van der Waals surface area (Å²) in [5, 5.41) is 21.6. The number of aliphatic hydroxyl groups excluding tert-OH is 1. The van der Waals surface area contributed by atoms with E-state index in [1.165, 1.54) is 0 Å². The van der Waals surface area contributed by atoms with Crippen molar-refractivity contribution in [1.82, 2.24) is 19.9 Å². The number of aromatic nitrogens is 3. The van der Waals surface area contributed by atoms with E-state index in [1.54, 1.807) is 11.8 Å². The Labute approximate surface area is 111 Å². The molecule has 0 aliphatic rings. The maximum Gasteiger partial charge on any atom is 0.195 e. The van der Waals surface area contributed by atoms with Gasteiger partial charge >= 0.3 is 0 Å². The van der Waals surface area contributed by atoms with E-state index < -0.39 is 0 Å². The highest BCUT2D eigenvalue weighted by atomic mass is 32.2. The Morgan fingerprint density at radius 2 is 2.28 bits per heavy atom. The van der Waals surface area contributed by atoms with Crippen molar-refractivity contribution in [2.45, 2.75) is 24.0 Å². The van der Waals surface area contributed by atoms with Crippen LogP contribution in [0.1, 0.15) is 13.3 Å². The van der Waals surface area contributed by atoms with Gasteiger partial charge in [-0.15, -0.1) is 10.2 Å². The van der Waals surface area contributed by atoms with Crippen molar-refractivity contribution in [1.29, 1.82) is 0 Å². The van der Waals surface area contributed by atoms with Gasteiger partial charge in [0, 0.05) is 17.5 Å². The molecule has 0 radical (unpaired) electrons. The molecule has 0 fully saturated rings. The Morgan fingerprint density at radius 3 is 3.00 bits per heavy atom. The van der Waals surface area contributed by atoms with Crippen LogP contribution in [-0.2, 0) is 0 Å². The van der Waals surface area contributed by atoms with Gasteiger partial charge in [-0.1, -0.05) is 17.8 Å². The quantitative estimate of drug-likeness (QED) is 0.769. The molecule has 0 saturated heterocycles. The molecule has 0 aliphatic carbocycles. The number of rotatable bonds is 6. The second-order valence-corrected chi connectivity index (χ2v) is 5.54. The van der Waals surface area contributed by atoms with Crippen LogP contribution in [0.5, 0.6) is 0 Å². The molecule has 6 heteroatoms. The third-order valence-electron chi connectivity index (χ3n) is 3.12. The topological polar surface area (TPSA) is 62.5 Å². The zero-order valence-corrected chi connectivity index (χ0v) is 11.4. The lowest BCUT2D eigenvalue weighted by Gasteiger charge is -2.26. The minimum absolute atomic E-state index is 0.130. The van der Waals surface area contributed by atoms with Crippen molar-refractivity contribution in [3.05, 3.63) is 24.4 Å². The van der Waals surface area contributed by atoms with E-state index in [9.17, 15) is 5.11 Å². The third-order valence-corrected chi connectivity index (χ3v) is 4.06. The first-order valence-electron chi connectivity index (χ1n) is 5.91. The normalized spacial score (nSPS) is 14.8. The van der Waals surface area contributed by atoms with Crippen molar-refractivity contribution in [3.63, 3.8) is 0 Å². The fourth-order valence-corrected chi connectivity index (χ4v) is 2.70. The number of thioether (sulfide) groups is 1. The van der Waals surface area contributed by atoms with E-state index in [2.05, 4.69) is 15.5 Å². The summed E-state index contributed by atoms with van der Waals surface area (Å²) in [7, 11) is 1.87. The molecule has 1 atom stereocenters. The summed E-state index contributed by atoms with van der Waals surface area (Å²) in [5.41, 5.74) is 0.631. The SMILES string of the molecule is CNC(C)(CO)CCSc1nnc2ccccn12. The van der Waals surface area contributed by atoms with E-state index in [0.29, 0.717) is 0 Å². The highest BCUT2D eigenvalue weighted by Crippen LogP contribution is 2.20. The Morgan fingerprint density at radius 1 is 1.44 bits per heavy atom. The highest BCUT2D eigenvalue weighted by molar-refractivity contribution is 7.99. The van der Waals surface area contributed by atoms with Gasteiger partial charge in [0.25, 0.3) is 0 Å². The largest absolute Gasteiger partial charge is 0.394 e. The second-order valence-electron chi connectivity index (χ2n) is 4.48. The summed E-state index contributed by atoms with van der Waals surface area (Å²) in [6, 6.07) is 5.84. The van der Waals surface area contributed by atoms with Gasteiger partial charge in [0.15, 0.2) is 10.8 Å². The number of pyridine rings is 1. The number of fused-ring (bicyclic) bond motifs is 1. The number of likely N-dealkylation sites (N-methyl/N-ethyl adjacent to an activating group) is 1. The molecule has 0 spiro atoms. The minimum Gasteiger partial charge on any atom is -0.394 e. The van der Waals surface area contributed by atoms with Gasteiger partial charge in [-0.25, -0.2) is 0 Å². The van der Waals surface area contributed by atoms with Gasteiger partial charge in [-0.05, 0) is 32.5 Å². The van der Waals surface area contributed by atoms with E-state index in [4.69, 9.17) is 0 Å². The Bertz CT molecular complexity index is 510. The lowest BCUT2D eigenvalue weighted by molar-refractivity contribution is 0.179. The van der Waals surface area contributed by atoms with Crippen LogP contribution >= 0.6 is 11.8 Å². The molecule has 98 valence electrons. The predicted octanol–water partition coefficient (Wildman–Crippen LogP) is 1.18. The molecule has 0 aromatic carbocycles. The average molecular weight is 266 g/mol. The zero-order valence-electron chi connectivity index (χ0n) is 10.6. The van der Waals surface area contributed by atoms with Crippen LogP contribution in [0.3, 0.4) is 0 Å². The van der Waals surface area contributed by atoms with Gasteiger partial charge in [0.2, 0.25) is 0 Å². The molecule has 2 rings (SSSR count).